The quantitative estimate of drug-likeness (QED) is 0.656. The molecule has 3 atom stereocenters. The Hall–Kier alpha value is -0.0800. The van der Waals surface area contributed by atoms with Gasteiger partial charge in [0, 0.05) is 18.6 Å². The molecule has 72 valence electrons. The maximum Gasteiger partial charge on any atom is 0.0191 e. The molecular formula is C10H22N2. The molecule has 2 nitrogen and oxygen atoms in total. The zero-order chi connectivity index (χ0) is 9.14. The molecule has 3 unspecified atom stereocenters. The smallest absolute Gasteiger partial charge is 0.0191 e. The lowest BCUT2D eigenvalue weighted by atomic mass is 9.87. The van der Waals surface area contributed by atoms with Crippen LogP contribution in [0.15, 0.2) is 0 Å². The minimum atomic E-state index is 0.369. The normalized spacial score (nSPS) is 37.2. The molecule has 1 fully saturated rings. The van der Waals surface area contributed by atoms with Gasteiger partial charge in [0.15, 0.2) is 0 Å². The van der Waals surface area contributed by atoms with Crippen molar-refractivity contribution in [2.45, 2.75) is 45.7 Å². The summed E-state index contributed by atoms with van der Waals surface area (Å²) >= 11 is 0. The molecule has 1 saturated heterocycles. The Labute approximate surface area is 75.9 Å². The molecule has 0 radical (unpaired) electrons. The number of rotatable bonds is 2. The first-order valence-electron chi connectivity index (χ1n) is 5.08. The van der Waals surface area contributed by atoms with E-state index in [4.69, 9.17) is 5.73 Å². The van der Waals surface area contributed by atoms with Gasteiger partial charge in [0.1, 0.15) is 0 Å². The van der Waals surface area contributed by atoms with Crippen LogP contribution in [0.1, 0.15) is 33.6 Å². The lowest BCUT2D eigenvalue weighted by Crippen LogP contribution is -2.50. The summed E-state index contributed by atoms with van der Waals surface area (Å²) in [7, 11) is 0. The van der Waals surface area contributed by atoms with E-state index in [9.17, 15) is 0 Å². The highest BCUT2D eigenvalue weighted by Crippen LogP contribution is 2.19. The van der Waals surface area contributed by atoms with E-state index in [1.54, 1.807) is 0 Å². The Morgan fingerprint density at radius 3 is 2.67 bits per heavy atom. The summed E-state index contributed by atoms with van der Waals surface area (Å²) in [6.07, 6.45) is 2.54. The van der Waals surface area contributed by atoms with Gasteiger partial charge in [0.05, 0.1) is 0 Å². The number of nitrogens with two attached hydrogens (primary N) is 1. The maximum absolute atomic E-state index is 5.91. The second kappa shape index (κ2) is 4.24. The van der Waals surface area contributed by atoms with Crippen LogP contribution in [-0.4, -0.2) is 18.6 Å². The predicted octanol–water partition coefficient (Wildman–Crippen LogP) is 1.36. The van der Waals surface area contributed by atoms with E-state index in [1.807, 2.05) is 0 Å². The van der Waals surface area contributed by atoms with Crippen molar-refractivity contribution in [1.82, 2.24) is 5.32 Å². The monoisotopic (exact) mass is 170 g/mol. The average Bonchev–Trinajstić information content (AvgIpc) is 1.96. The molecule has 0 amide bonds. The van der Waals surface area contributed by atoms with Gasteiger partial charge in [-0.1, -0.05) is 20.8 Å². The van der Waals surface area contributed by atoms with Gasteiger partial charge in [0.25, 0.3) is 0 Å². The van der Waals surface area contributed by atoms with Crippen LogP contribution >= 0.6 is 0 Å². The van der Waals surface area contributed by atoms with Crippen molar-refractivity contribution in [3.8, 4) is 0 Å². The fourth-order valence-electron chi connectivity index (χ4n) is 1.96. The minimum Gasteiger partial charge on any atom is -0.326 e. The zero-order valence-electron chi connectivity index (χ0n) is 8.51. The number of hydrogen-bond donors (Lipinski definition) is 2. The van der Waals surface area contributed by atoms with Crippen LogP contribution in [0.5, 0.6) is 0 Å². The van der Waals surface area contributed by atoms with Gasteiger partial charge < -0.3 is 11.1 Å². The molecule has 1 rings (SSSR count). The highest BCUT2D eigenvalue weighted by molar-refractivity contribution is 4.84. The fraction of sp³-hybridized carbons (Fsp3) is 1.00. The number of piperidine rings is 1. The van der Waals surface area contributed by atoms with E-state index in [0.717, 1.165) is 12.5 Å². The summed E-state index contributed by atoms with van der Waals surface area (Å²) in [5, 5.41) is 3.51. The summed E-state index contributed by atoms with van der Waals surface area (Å²) in [6, 6.07) is 1.08. The molecule has 0 aromatic heterocycles. The fourth-order valence-corrected chi connectivity index (χ4v) is 1.96. The molecule has 1 aliphatic heterocycles. The lowest BCUT2D eigenvalue weighted by Gasteiger charge is -2.33. The minimum absolute atomic E-state index is 0.369. The van der Waals surface area contributed by atoms with Crippen LogP contribution in [0.4, 0.5) is 0 Å². The van der Waals surface area contributed by atoms with Gasteiger partial charge >= 0.3 is 0 Å². The Balaban J connectivity index is 2.30. The van der Waals surface area contributed by atoms with Crippen LogP contribution < -0.4 is 11.1 Å². The van der Waals surface area contributed by atoms with E-state index in [2.05, 4.69) is 26.1 Å². The van der Waals surface area contributed by atoms with Gasteiger partial charge in [0.2, 0.25) is 0 Å². The molecule has 3 N–H and O–H groups in total. The molecule has 0 aromatic rings. The Morgan fingerprint density at radius 1 is 1.50 bits per heavy atom. The molecule has 0 spiro atoms. The average molecular weight is 170 g/mol. The first-order valence-corrected chi connectivity index (χ1v) is 5.08. The summed E-state index contributed by atoms with van der Waals surface area (Å²) in [5.41, 5.74) is 5.91. The Bertz CT molecular complexity index is 134. The van der Waals surface area contributed by atoms with Crippen molar-refractivity contribution in [1.29, 1.82) is 0 Å². The third-order valence-electron chi connectivity index (χ3n) is 2.79. The molecule has 0 bridgehead atoms. The maximum atomic E-state index is 5.91. The highest BCUT2D eigenvalue weighted by atomic mass is 15.0. The topological polar surface area (TPSA) is 38.0 Å². The standard InChI is InChI=1S/C10H22N2/c1-7(2)4-9-5-8(3)10(11)6-12-9/h7-10,12H,4-6,11H2,1-3H3. The van der Waals surface area contributed by atoms with Crippen LogP contribution in [0.25, 0.3) is 0 Å². The van der Waals surface area contributed by atoms with Gasteiger partial charge in [-0.2, -0.15) is 0 Å². The van der Waals surface area contributed by atoms with Crippen molar-refractivity contribution in [2.24, 2.45) is 17.6 Å². The molecule has 0 saturated carbocycles. The van der Waals surface area contributed by atoms with Crippen molar-refractivity contribution in [3.63, 3.8) is 0 Å². The van der Waals surface area contributed by atoms with E-state index in [1.165, 1.54) is 12.8 Å². The van der Waals surface area contributed by atoms with E-state index < -0.39 is 0 Å². The lowest BCUT2D eigenvalue weighted by molar-refractivity contribution is 0.257. The van der Waals surface area contributed by atoms with E-state index in [-0.39, 0.29) is 0 Å². The first-order chi connectivity index (χ1) is 5.59. The van der Waals surface area contributed by atoms with Gasteiger partial charge in [-0.15, -0.1) is 0 Å². The second-order valence-corrected chi connectivity index (χ2v) is 4.61. The van der Waals surface area contributed by atoms with Crippen molar-refractivity contribution in [3.05, 3.63) is 0 Å². The third-order valence-corrected chi connectivity index (χ3v) is 2.79. The van der Waals surface area contributed by atoms with E-state index in [0.29, 0.717) is 18.0 Å². The zero-order valence-corrected chi connectivity index (χ0v) is 8.51. The molecule has 12 heavy (non-hydrogen) atoms. The second-order valence-electron chi connectivity index (χ2n) is 4.61. The molecule has 2 heteroatoms. The summed E-state index contributed by atoms with van der Waals surface area (Å²) in [6.45, 7) is 7.82. The van der Waals surface area contributed by atoms with Crippen molar-refractivity contribution in [2.75, 3.05) is 6.54 Å². The number of hydrogen-bond acceptors (Lipinski definition) is 2. The summed E-state index contributed by atoms with van der Waals surface area (Å²) < 4.78 is 0. The van der Waals surface area contributed by atoms with Crippen molar-refractivity contribution < 1.29 is 0 Å². The van der Waals surface area contributed by atoms with Gasteiger partial charge in [-0.3, -0.25) is 0 Å². The van der Waals surface area contributed by atoms with Crippen molar-refractivity contribution >= 4 is 0 Å². The SMILES string of the molecule is CC(C)CC1CC(C)C(N)CN1. The molecular weight excluding hydrogens is 148 g/mol. The summed E-state index contributed by atoms with van der Waals surface area (Å²) in [5.74, 6) is 1.49. The highest BCUT2D eigenvalue weighted by Gasteiger charge is 2.24. The molecule has 0 aliphatic carbocycles. The molecule has 1 aliphatic rings. The number of nitrogens with one attached hydrogen (secondary N) is 1. The van der Waals surface area contributed by atoms with Gasteiger partial charge in [-0.05, 0) is 24.7 Å². The Morgan fingerprint density at radius 2 is 2.17 bits per heavy atom. The largest absolute Gasteiger partial charge is 0.326 e. The first kappa shape index (κ1) is 10.0. The summed E-state index contributed by atoms with van der Waals surface area (Å²) in [4.78, 5) is 0. The third kappa shape index (κ3) is 2.76. The van der Waals surface area contributed by atoms with Crippen LogP contribution in [0.3, 0.4) is 0 Å². The van der Waals surface area contributed by atoms with Gasteiger partial charge in [-0.25, -0.2) is 0 Å². The predicted molar refractivity (Wildman–Crippen MR) is 53.0 cm³/mol. The van der Waals surface area contributed by atoms with Crippen LogP contribution in [0.2, 0.25) is 0 Å². The van der Waals surface area contributed by atoms with Crippen LogP contribution in [0, 0.1) is 11.8 Å². The van der Waals surface area contributed by atoms with Crippen LogP contribution in [-0.2, 0) is 0 Å². The molecule has 0 aromatic carbocycles. The molecule has 1 heterocycles. The van der Waals surface area contributed by atoms with E-state index >= 15 is 0 Å². The Kier molecular flexibility index (Phi) is 3.53.